The van der Waals surface area contributed by atoms with E-state index in [2.05, 4.69) is 4.99 Å². The number of halogens is 1. The molecule has 0 radical (unpaired) electrons. The summed E-state index contributed by atoms with van der Waals surface area (Å²) in [5.41, 5.74) is 5.65. The van der Waals surface area contributed by atoms with Gasteiger partial charge in [-0.15, -0.1) is 0 Å². The highest BCUT2D eigenvalue weighted by Gasteiger charge is 2.29. The van der Waals surface area contributed by atoms with E-state index in [9.17, 15) is 9.18 Å². The molecule has 0 aliphatic carbocycles. The summed E-state index contributed by atoms with van der Waals surface area (Å²) in [7, 11) is 0. The van der Waals surface area contributed by atoms with Crippen LogP contribution in [-0.2, 0) is 4.79 Å². The zero-order valence-electron chi connectivity index (χ0n) is 6.70. The molecule has 0 bridgehead atoms. The van der Waals surface area contributed by atoms with Gasteiger partial charge in [-0.1, -0.05) is 18.2 Å². The summed E-state index contributed by atoms with van der Waals surface area (Å²) >= 11 is 0. The Hall–Kier alpha value is -1.71. The number of amides is 1. The van der Waals surface area contributed by atoms with Crippen molar-refractivity contribution >= 4 is 17.3 Å². The summed E-state index contributed by atoms with van der Waals surface area (Å²) in [5.74, 6) is -0.802. The number of alkyl halides is 1. The molecule has 3 nitrogen and oxygen atoms in total. The number of para-hydroxylation sites is 1. The maximum atomic E-state index is 13.4. The first kappa shape index (κ1) is 7.91. The van der Waals surface area contributed by atoms with Crippen molar-refractivity contribution in [3.8, 4) is 0 Å². The van der Waals surface area contributed by atoms with E-state index >= 15 is 0 Å². The summed E-state index contributed by atoms with van der Waals surface area (Å²) in [6.07, 6.45) is -1.46. The van der Waals surface area contributed by atoms with Crippen molar-refractivity contribution in [3.05, 3.63) is 29.8 Å². The van der Waals surface area contributed by atoms with E-state index in [0.717, 1.165) is 0 Å². The van der Waals surface area contributed by atoms with Crippen molar-refractivity contribution in [2.75, 3.05) is 0 Å². The molecule has 66 valence electrons. The molecule has 2 N–H and O–H groups in total. The highest BCUT2D eigenvalue weighted by atomic mass is 19.1. The number of primary amides is 1. The highest BCUT2D eigenvalue weighted by Crippen LogP contribution is 2.35. The number of rotatable bonds is 1. The smallest absolute Gasteiger partial charge is 0.266 e. The Labute approximate surface area is 74.1 Å². The number of nitrogens with zero attached hydrogens (tertiary/aromatic N) is 1. The van der Waals surface area contributed by atoms with Gasteiger partial charge in [-0.05, 0) is 6.07 Å². The van der Waals surface area contributed by atoms with Crippen molar-refractivity contribution in [2.45, 2.75) is 6.17 Å². The van der Waals surface area contributed by atoms with Crippen LogP contribution < -0.4 is 5.73 Å². The molecule has 1 amide bonds. The van der Waals surface area contributed by atoms with Crippen LogP contribution in [0, 0.1) is 0 Å². The Balaban J connectivity index is 2.50. The molecule has 2 rings (SSSR count). The molecule has 0 spiro atoms. The SMILES string of the molecule is NC(=O)C1=Nc2ccccc2C1F. The molecule has 0 aromatic heterocycles. The van der Waals surface area contributed by atoms with E-state index in [-0.39, 0.29) is 5.71 Å². The van der Waals surface area contributed by atoms with E-state index in [0.29, 0.717) is 11.3 Å². The third kappa shape index (κ3) is 1.11. The van der Waals surface area contributed by atoms with Crippen LogP contribution in [0.5, 0.6) is 0 Å². The quantitative estimate of drug-likeness (QED) is 0.691. The lowest BCUT2D eigenvalue weighted by molar-refractivity contribution is -0.112. The molecule has 1 heterocycles. The molecular weight excluding hydrogens is 171 g/mol. The predicted octanol–water partition coefficient (Wildman–Crippen LogP) is 1.27. The number of aliphatic imine (C=N–C) groups is 1. The van der Waals surface area contributed by atoms with E-state index in [1.807, 2.05) is 0 Å². The molecule has 4 heteroatoms. The lowest BCUT2D eigenvalue weighted by Gasteiger charge is -2.00. The van der Waals surface area contributed by atoms with Gasteiger partial charge in [0.05, 0.1) is 5.69 Å². The molecule has 1 aromatic carbocycles. The first-order valence-electron chi connectivity index (χ1n) is 3.81. The molecule has 1 aromatic rings. The minimum Gasteiger partial charge on any atom is -0.364 e. The summed E-state index contributed by atoms with van der Waals surface area (Å²) in [6.45, 7) is 0. The number of benzene rings is 1. The Kier molecular flexibility index (Phi) is 1.62. The fraction of sp³-hybridized carbons (Fsp3) is 0.111. The first-order chi connectivity index (χ1) is 6.20. The molecule has 1 aliphatic rings. The van der Waals surface area contributed by atoms with Crippen LogP contribution in [0.3, 0.4) is 0 Å². The third-order valence-electron chi connectivity index (χ3n) is 1.94. The number of nitrogens with two attached hydrogens (primary N) is 1. The van der Waals surface area contributed by atoms with Crippen molar-refractivity contribution in [1.82, 2.24) is 0 Å². The highest BCUT2D eigenvalue weighted by molar-refractivity contribution is 6.41. The van der Waals surface area contributed by atoms with Crippen LogP contribution in [0.25, 0.3) is 0 Å². The largest absolute Gasteiger partial charge is 0.364 e. The topological polar surface area (TPSA) is 55.5 Å². The van der Waals surface area contributed by atoms with Gasteiger partial charge >= 0.3 is 0 Å². The monoisotopic (exact) mass is 178 g/mol. The number of carbonyl (C=O) groups is 1. The molecule has 1 unspecified atom stereocenters. The second kappa shape index (κ2) is 2.65. The van der Waals surface area contributed by atoms with Crippen LogP contribution in [0.4, 0.5) is 10.1 Å². The van der Waals surface area contributed by atoms with Crippen molar-refractivity contribution in [2.24, 2.45) is 10.7 Å². The average molecular weight is 178 g/mol. The maximum absolute atomic E-state index is 13.4. The van der Waals surface area contributed by atoms with E-state index in [1.165, 1.54) is 0 Å². The zero-order valence-corrected chi connectivity index (χ0v) is 6.70. The van der Waals surface area contributed by atoms with Gasteiger partial charge in [-0.3, -0.25) is 4.79 Å². The lowest BCUT2D eigenvalue weighted by atomic mass is 10.1. The van der Waals surface area contributed by atoms with Gasteiger partial charge in [0.15, 0.2) is 6.17 Å². The van der Waals surface area contributed by atoms with Gasteiger partial charge in [0.1, 0.15) is 5.71 Å². The van der Waals surface area contributed by atoms with Crippen LogP contribution in [0.1, 0.15) is 11.7 Å². The third-order valence-corrected chi connectivity index (χ3v) is 1.94. The molecule has 0 saturated heterocycles. The van der Waals surface area contributed by atoms with Crippen molar-refractivity contribution in [3.63, 3.8) is 0 Å². The van der Waals surface area contributed by atoms with Crippen LogP contribution in [0.15, 0.2) is 29.3 Å². The van der Waals surface area contributed by atoms with Gasteiger partial charge < -0.3 is 5.73 Å². The summed E-state index contributed by atoms with van der Waals surface area (Å²) in [5, 5.41) is 0. The average Bonchev–Trinajstić information content (AvgIpc) is 2.45. The second-order valence-corrected chi connectivity index (χ2v) is 2.78. The van der Waals surface area contributed by atoms with Gasteiger partial charge in [0, 0.05) is 5.56 Å². The van der Waals surface area contributed by atoms with Crippen LogP contribution in [-0.4, -0.2) is 11.6 Å². The fourth-order valence-corrected chi connectivity index (χ4v) is 1.32. The minimum atomic E-state index is -1.46. The Bertz CT molecular complexity index is 400. The predicted molar refractivity (Wildman–Crippen MR) is 46.6 cm³/mol. The van der Waals surface area contributed by atoms with Gasteiger partial charge in [-0.2, -0.15) is 0 Å². The zero-order chi connectivity index (χ0) is 9.42. The molecule has 0 saturated carbocycles. The number of hydrogen-bond donors (Lipinski definition) is 1. The van der Waals surface area contributed by atoms with E-state index in [1.54, 1.807) is 24.3 Å². The second-order valence-electron chi connectivity index (χ2n) is 2.78. The Morgan fingerprint density at radius 1 is 1.46 bits per heavy atom. The van der Waals surface area contributed by atoms with Gasteiger partial charge in [0.25, 0.3) is 5.91 Å². The summed E-state index contributed by atoms with van der Waals surface area (Å²) in [6, 6.07) is 6.68. The summed E-state index contributed by atoms with van der Waals surface area (Å²) in [4.78, 5) is 14.5. The van der Waals surface area contributed by atoms with Crippen molar-refractivity contribution < 1.29 is 9.18 Å². The Morgan fingerprint density at radius 2 is 2.15 bits per heavy atom. The lowest BCUT2D eigenvalue weighted by Crippen LogP contribution is -2.24. The first-order valence-corrected chi connectivity index (χ1v) is 3.81. The van der Waals surface area contributed by atoms with Crippen molar-refractivity contribution in [1.29, 1.82) is 0 Å². The standard InChI is InChI=1S/C9H7FN2O/c10-7-5-3-1-2-4-6(5)12-8(7)9(11)13/h1-4,7H,(H2,11,13). The number of carbonyl (C=O) groups excluding carboxylic acids is 1. The molecule has 13 heavy (non-hydrogen) atoms. The van der Waals surface area contributed by atoms with E-state index in [4.69, 9.17) is 5.73 Å². The molecular formula is C9H7FN2O. The van der Waals surface area contributed by atoms with Gasteiger partial charge in [-0.25, -0.2) is 9.38 Å². The normalized spacial score (nSPS) is 19.5. The fourth-order valence-electron chi connectivity index (χ4n) is 1.32. The number of hydrogen-bond acceptors (Lipinski definition) is 2. The Morgan fingerprint density at radius 3 is 2.77 bits per heavy atom. The van der Waals surface area contributed by atoms with Crippen LogP contribution >= 0.6 is 0 Å². The summed E-state index contributed by atoms with van der Waals surface area (Å²) < 4.78 is 13.4. The molecule has 1 atom stereocenters. The minimum absolute atomic E-state index is 0.207. The molecule has 1 aliphatic heterocycles. The van der Waals surface area contributed by atoms with Gasteiger partial charge in [0.2, 0.25) is 0 Å². The number of fused-ring (bicyclic) bond motifs is 1. The molecule has 0 fully saturated rings. The van der Waals surface area contributed by atoms with Crippen LogP contribution in [0.2, 0.25) is 0 Å². The van der Waals surface area contributed by atoms with E-state index < -0.39 is 12.1 Å². The maximum Gasteiger partial charge on any atom is 0.266 e.